The van der Waals surface area contributed by atoms with Crippen LogP contribution in [0.15, 0.2) is 60.8 Å². The van der Waals surface area contributed by atoms with Gasteiger partial charge in [0.25, 0.3) is 0 Å². The average Bonchev–Trinajstić information content (AvgIpc) is 2.55. The number of nitrogens with two attached hydrogens (primary N) is 1. The third kappa shape index (κ3) is 3.20. The number of ether oxygens (including phenoxy) is 1. The molecule has 110 valence electrons. The van der Waals surface area contributed by atoms with Gasteiger partial charge in [0.05, 0.1) is 5.69 Å². The van der Waals surface area contributed by atoms with Crippen molar-refractivity contribution in [2.45, 2.75) is 6.61 Å². The Morgan fingerprint density at radius 3 is 2.55 bits per heavy atom. The summed E-state index contributed by atoms with van der Waals surface area (Å²) in [7, 11) is 0. The molecule has 1 aromatic heterocycles. The van der Waals surface area contributed by atoms with Gasteiger partial charge in [0.2, 0.25) is 5.95 Å². The Balaban J connectivity index is 1.84. The Bertz CT molecular complexity index is 775. The third-order valence-corrected chi connectivity index (χ3v) is 3.14. The summed E-state index contributed by atoms with van der Waals surface area (Å²) in [4.78, 5) is 8.09. The number of halogens is 1. The van der Waals surface area contributed by atoms with Gasteiger partial charge in [0.15, 0.2) is 0 Å². The minimum Gasteiger partial charge on any atom is -0.488 e. The molecular weight excluding hydrogens is 281 g/mol. The molecule has 2 aromatic carbocycles. The van der Waals surface area contributed by atoms with Crippen LogP contribution in [-0.4, -0.2) is 9.97 Å². The molecule has 0 radical (unpaired) electrons. The van der Waals surface area contributed by atoms with Crippen LogP contribution in [0.3, 0.4) is 0 Å². The lowest BCUT2D eigenvalue weighted by molar-refractivity contribution is 0.307. The van der Waals surface area contributed by atoms with Crippen molar-refractivity contribution in [3.05, 3.63) is 72.2 Å². The Hall–Kier alpha value is -2.95. The fraction of sp³-hybridized carbons (Fsp3) is 0.0588. The van der Waals surface area contributed by atoms with Crippen molar-refractivity contribution in [3.8, 4) is 17.0 Å². The zero-order valence-electron chi connectivity index (χ0n) is 11.7. The fourth-order valence-corrected chi connectivity index (χ4v) is 2.07. The molecule has 0 bridgehead atoms. The van der Waals surface area contributed by atoms with Crippen molar-refractivity contribution >= 4 is 5.95 Å². The molecule has 22 heavy (non-hydrogen) atoms. The zero-order chi connectivity index (χ0) is 15.4. The molecule has 0 saturated heterocycles. The van der Waals surface area contributed by atoms with Crippen molar-refractivity contribution in [2.75, 3.05) is 5.73 Å². The van der Waals surface area contributed by atoms with E-state index in [1.807, 2.05) is 24.3 Å². The van der Waals surface area contributed by atoms with E-state index in [-0.39, 0.29) is 11.8 Å². The van der Waals surface area contributed by atoms with Gasteiger partial charge >= 0.3 is 0 Å². The maximum atomic E-state index is 12.9. The first kappa shape index (κ1) is 14.0. The Morgan fingerprint density at radius 1 is 1.00 bits per heavy atom. The fourth-order valence-electron chi connectivity index (χ4n) is 2.07. The normalized spacial score (nSPS) is 10.4. The number of hydrogen-bond donors (Lipinski definition) is 1. The van der Waals surface area contributed by atoms with E-state index in [0.717, 1.165) is 11.1 Å². The van der Waals surface area contributed by atoms with Crippen LogP contribution in [0.25, 0.3) is 11.3 Å². The Kier molecular flexibility index (Phi) is 3.96. The minimum absolute atomic E-state index is 0.214. The number of nitrogen functional groups attached to an aromatic ring is 1. The summed E-state index contributed by atoms with van der Waals surface area (Å²) in [5.74, 6) is 0.636. The molecule has 0 aliphatic carbocycles. The molecule has 5 heteroatoms. The first-order valence-corrected chi connectivity index (χ1v) is 6.77. The molecule has 0 saturated carbocycles. The number of nitrogens with zero attached hydrogens (tertiary/aromatic N) is 2. The predicted molar refractivity (Wildman–Crippen MR) is 82.6 cm³/mol. The van der Waals surface area contributed by atoms with Gasteiger partial charge in [-0.15, -0.1) is 0 Å². The highest BCUT2D eigenvalue weighted by molar-refractivity contribution is 5.67. The molecule has 3 rings (SSSR count). The van der Waals surface area contributed by atoms with Gasteiger partial charge < -0.3 is 10.5 Å². The van der Waals surface area contributed by atoms with Gasteiger partial charge in [-0.25, -0.2) is 14.4 Å². The van der Waals surface area contributed by atoms with Crippen LogP contribution in [-0.2, 0) is 6.61 Å². The van der Waals surface area contributed by atoms with Gasteiger partial charge in [-0.2, -0.15) is 0 Å². The summed E-state index contributed by atoms with van der Waals surface area (Å²) < 4.78 is 18.7. The molecule has 0 unspecified atom stereocenters. The van der Waals surface area contributed by atoms with Crippen LogP contribution >= 0.6 is 0 Å². The lowest BCUT2D eigenvalue weighted by atomic mass is 10.1. The van der Waals surface area contributed by atoms with Crippen molar-refractivity contribution < 1.29 is 9.13 Å². The van der Waals surface area contributed by atoms with Crippen LogP contribution in [0.4, 0.5) is 10.3 Å². The smallest absolute Gasteiger partial charge is 0.220 e. The second-order valence-electron chi connectivity index (χ2n) is 4.71. The summed E-state index contributed by atoms with van der Waals surface area (Å²) in [5.41, 5.74) is 8.04. The van der Waals surface area contributed by atoms with Gasteiger partial charge in [-0.3, -0.25) is 0 Å². The van der Waals surface area contributed by atoms with E-state index in [0.29, 0.717) is 18.1 Å². The summed E-state index contributed by atoms with van der Waals surface area (Å²) in [6.07, 6.45) is 1.61. The molecule has 0 spiro atoms. The van der Waals surface area contributed by atoms with Gasteiger partial charge in [0, 0.05) is 11.8 Å². The van der Waals surface area contributed by atoms with Crippen LogP contribution in [0.5, 0.6) is 5.75 Å². The second kappa shape index (κ2) is 6.22. The summed E-state index contributed by atoms with van der Waals surface area (Å²) in [6, 6.07) is 15.5. The molecule has 2 N–H and O–H groups in total. The van der Waals surface area contributed by atoms with E-state index >= 15 is 0 Å². The number of para-hydroxylation sites is 1. The maximum absolute atomic E-state index is 12.9. The predicted octanol–water partition coefficient (Wildman–Crippen LogP) is 3.44. The van der Waals surface area contributed by atoms with E-state index in [2.05, 4.69) is 9.97 Å². The number of anilines is 1. The quantitative estimate of drug-likeness (QED) is 0.801. The van der Waals surface area contributed by atoms with Crippen molar-refractivity contribution in [3.63, 3.8) is 0 Å². The van der Waals surface area contributed by atoms with Crippen LogP contribution in [0.2, 0.25) is 0 Å². The van der Waals surface area contributed by atoms with Crippen molar-refractivity contribution in [1.29, 1.82) is 0 Å². The first-order chi connectivity index (χ1) is 10.7. The van der Waals surface area contributed by atoms with Crippen molar-refractivity contribution in [2.24, 2.45) is 0 Å². The molecule has 4 nitrogen and oxygen atoms in total. The standard InChI is InChI=1S/C17H14FN3O/c18-13-7-5-12(6-8-13)11-22-16-4-2-1-3-14(16)15-9-10-20-17(19)21-15/h1-10H,11H2,(H2,19,20,21). The highest BCUT2D eigenvalue weighted by atomic mass is 19.1. The van der Waals surface area contributed by atoms with Gasteiger partial charge in [0.1, 0.15) is 18.2 Å². The Labute approximate surface area is 127 Å². The topological polar surface area (TPSA) is 61.0 Å². The SMILES string of the molecule is Nc1nccc(-c2ccccc2OCc2ccc(F)cc2)n1. The second-order valence-corrected chi connectivity index (χ2v) is 4.71. The molecular formula is C17H14FN3O. The average molecular weight is 295 g/mol. The highest BCUT2D eigenvalue weighted by Crippen LogP contribution is 2.29. The molecule has 3 aromatic rings. The highest BCUT2D eigenvalue weighted by Gasteiger charge is 2.08. The third-order valence-electron chi connectivity index (χ3n) is 3.14. The number of aromatic nitrogens is 2. The molecule has 0 aliphatic heterocycles. The lowest BCUT2D eigenvalue weighted by Gasteiger charge is -2.11. The monoisotopic (exact) mass is 295 g/mol. The molecule has 1 heterocycles. The molecule has 0 fully saturated rings. The van der Waals surface area contributed by atoms with Gasteiger partial charge in [-0.1, -0.05) is 24.3 Å². The van der Waals surface area contributed by atoms with Crippen LogP contribution in [0.1, 0.15) is 5.56 Å². The van der Waals surface area contributed by atoms with E-state index in [1.54, 1.807) is 24.4 Å². The van der Waals surface area contributed by atoms with E-state index < -0.39 is 0 Å². The summed E-state index contributed by atoms with van der Waals surface area (Å²) in [5, 5.41) is 0. The van der Waals surface area contributed by atoms with Crippen molar-refractivity contribution in [1.82, 2.24) is 9.97 Å². The number of hydrogen-bond acceptors (Lipinski definition) is 4. The lowest BCUT2D eigenvalue weighted by Crippen LogP contribution is -1.99. The van der Waals surface area contributed by atoms with Crippen LogP contribution < -0.4 is 10.5 Å². The van der Waals surface area contributed by atoms with E-state index in [4.69, 9.17) is 10.5 Å². The molecule has 0 amide bonds. The van der Waals surface area contributed by atoms with Gasteiger partial charge in [-0.05, 0) is 35.9 Å². The first-order valence-electron chi connectivity index (χ1n) is 6.77. The molecule has 0 aliphatic rings. The Morgan fingerprint density at radius 2 is 1.77 bits per heavy atom. The minimum atomic E-state index is -0.263. The van der Waals surface area contributed by atoms with E-state index in [9.17, 15) is 4.39 Å². The van der Waals surface area contributed by atoms with E-state index in [1.165, 1.54) is 12.1 Å². The summed E-state index contributed by atoms with van der Waals surface area (Å²) in [6.45, 7) is 0.345. The van der Waals surface area contributed by atoms with Crippen LogP contribution in [0, 0.1) is 5.82 Å². The number of rotatable bonds is 4. The summed E-state index contributed by atoms with van der Waals surface area (Å²) >= 11 is 0. The molecule has 0 atom stereocenters. The largest absolute Gasteiger partial charge is 0.488 e. The maximum Gasteiger partial charge on any atom is 0.220 e. The number of benzene rings is 2. The zero-order valence-corrected chi connectivity index (χ0v) is 11.7.